The summed E-state index contributed by atoms with van der Waals surface area (Å²) in [7, 11) is 0. The lowest BCUT2D eigenvalue weighted by Crippen LogP contribution is -2.51. The van der Waals surface area contributed by atoms with Crippen LogP contribution in [-0.2, 0) is 0 Å². The summed E-state index contributed by atoms with van der Waals surface area (Å²) in [6.07, 6.45) is 9.04. The van der Waals surface area contributed by atoms with Crippen molar-refractivity contribution >= 4 is 17.8 Å². The molecule has 0 saturated heterocycles. The predicted molar refractivity (Wildman–Crippen MR) is 88.7 cm³/mol. The maximum Gasteiger partial charge on any atom is 0.315 e. The number of amides is 2. The first-order valence-corrected chi connectivity index (χ1v) is 9.57. The number of thioether (sulfide) groups is 1. The first kappa shape index (κ1) is 16.9. The molecule has 0 heterocycles. The Morgan fingerprint density at radius 1 is 1.14 bits per heavy atom. The van der Waals surface area contributed by atoms with Crippen LogP contribution in [0.3, 0.4) is 0 Å². The van der Waals surface area contributed by atoms with E-state index in [0.717, 1.165) is 37.9 Å². The Morgan fingerprint density at radius 2 is 1.95 bits per heavy atom. The van der Waals surface area contributed by atoms with Crippen LogP contribution in [0, 0.1) is 5.92 Å². The molecule has 122 valence electrons. The van der Waals surface area contributed by atoms with Gasteiger partial charge in [-0.05, 0) is 37.9 Å². The number of urea groups is 1. The zero-order chi connectivity index (χ0) is 15.1. The number of aliphatic hydroxyl groups is 1. The van der Waals surface area contributed by atoms with Crippen LogP contribution < -0.4 is 10.6 Å². The Balaban J connectivity index is 1.75. The molecule has 2 aliphatic carbocycles. The fourth-order valence-electron chi connectivity index (χ4n) is 3.67. The molecule has 0 aliphatic heterocycles. The average molecular weight is 314 g/mol. The number of aliphatic hydroxyl groups excluding tert-OH is 1. The number of nitrogens with one attached hydrogen (secondary N) is 2. The van der Waals surface area contributed by atoms with Crippen LogP contribution in [0.4, 0.5) is 4.79 Å². The fraction of sp³-hybridized carbons (Fsp3) is 0.938. The van der Waals surface area contributed by atoms with E-state index >= 15 is 0 Å². The van der Waals surface area contributed by atoms with E-state index in [9.17, 15) is 9.90 Å². The molecule has 0 bridgehead atoms. The zero-order valence-corrected chi connectivity index (χ0v) is 14.0. The Hall–Kier alpha value is -0.420. The highest BCUT2D eigenvalue weighted by molar-refractivity contribution is 7.99. The highest BCUT2D eigenvalue weighted by Gasteiger charge is 2.27. The van der Waals surface area contributed by atoms with Gasteiger partial charge in [0, 0.05) is 29.9 Å². The predicted octanol–water partition coefficient (Wildman–Crippen LogP) is 2.90. The second-order valence-electron chi connectivity index (χ2n) is 6.39. The van der Waals surface area contributed by atoms with Crippen LogP contribution in [0.1, 0.15) is 58.3 Å². The molecule has 2 rings (SSSR count). The van der Waals surface area contributed by atoms with E-state index in [0.29, 0.717) is 11.3 Å². The molecule has 4 nitrogen and oxygen atoms in total. The van der Waals surface area contributed by atoms with Gasteiger partial charge in [-0.15, -0.1) is 0 Å². The van der Waals surface area contributed by atoms with E-state index in [1.165, 1.54) is 19.3 Å². The smallest absolute Gasteiger partial charge is 0.315 e. The quantitative estimate of drug-likeness (QED) is 0.731. The molecule has 2 amide bonds. The van der Waals surface area contributed by atoms with Crippen molar-refractivity contribution in [1.82, 2.24) is 10.6 Å². The molecule has 5 heteroatoms. The van der Waals surface area contributed by atoms with Crippen molar-refractivity contribution in [1.29, 1.82) is 0 Å². The maximum absolute atomic E-state index is 12.2. The van der Waals surface area contributed by atoms with Crippen LogP contribution in [0.25, 0.3) is 0 Å². The standard InChI is InChI=1S/C16H30N2O2S/c1-2-21-14-8-5-7-13(10-14)17-16(20)18-15-9-4-3-6-12(15)11-19/h12-15,19H,2-11H2,1H3,(H2,17,18,20). The number of hydrogen-bond donors (Lipinski definition) is 3. The Labute approximate surface area is 132 Å². The summed E-state index contributed by atoms with van der Waals surface area (Å²) in [5.74, 6) is 1.39. The van der Waals surface area contributed by atoms with Gasteiger partial charge in [-0.3, -0.25) is 0 Å². The SMILES string of the molecule is CCSC1CCCC(NC(=O)NC2CCCCC2CO)C1. The molecule has 0 aromatic rings. The zero-order valence-electron chi connectivity index (χ0n) is 13.1. The van der Waals surface area contributed by atoms with Crippen molar-refractivity contribution in [3.05, 3.63) is 0 Å². The summed E-state index contributed by atoms with van der Waals surface area (Å²) in [5, 5.41) is 16.4. The molecule has 4 unspecified atom stereocenters. The Morgan fingerprint density at radius 3 is 2.71 bits per heavy atom. The Bertz CT molecular complexity index is 325. The van der Waals surface area contributed by atoms with Crippen molar-refractivity contribution < 1.29 is 9.90 Å². The van der Waals surface area contributed by atoms with E-state index in [2.05, 4.69) is 17.6 Å². The lowest BCUT2D eigenvalue weighted by Gasteiger charge is -2.33. The molecule has 3 N–H and O–H groups in total. The molecule has 2 fully saturated rings. The number of carbonyl (C=O) groups excluding carboxylic acids is 1. The lowest BCUT2D eigenvalue weighted by molar-refractivity contribution is 0.152. The largest absolute Gasteiger partial charge is 0.396 e. The highest BCUT2D eigenvalue weighted by Crippen LogP contribution is 2.28. The summed E-state index contributed by atoms with van der Waals surface area (Å²) in [6.45, 7) is 2.39. The molecule has 4 atom stereocenters. The van der Waals surface area contributed by atoms with Crippen molar-refractivity contribution in [2.24, 2.45) is 5.92 Å². The van der Waals surface area contributed by atoms with Crippen LogP contribution in [0.5, 0.6) is 0 Å². The summed E-state index contributed by atoms with van der Waals surface area (Å²) >= 11 is 2.02. The van der Waals surface area contributed by atoms with Gasteiger partial charge < -0.3 is 15.7 Å². The lowest BCUT2D eigenvalue weighted by atomic mass is 9.85. The van der Waals surface area contributed by atoms with Crippen molar-refractivity contribution in [2.45, 2.75) is 75.6 Å². The van der Waals surface area contributed by atoms with Crippen LogP contribution >= 0.6 is 11.8 Å². The van der Waals surface area contributed by atoms with Gasteiger partial charge in [0.2, 0.25) is 0 Å². The third-order valence-corrected chi connectivity index (χ3v) is 6.06. The second kappa shape index (κ2) is 8.89. The monoisotopic (exact) mass is 314 g/mol. The maximum atomic E-state index is 12.2. The third kappa shape index (κ3) is 5.37. The molecular weight excluding hydrogens is 284 g/mol. The molecule has 0 radical (unpaired) electrons. The molecule has 2 saturated carbocycles. The number of carbonyl (C=O) groups is 1. The van der Waals surface area contributed by atoms with E-state index in [4.69, 9.17) is 0 Å². The first-order chi connectivity index (χ1) is 10.2. The molecular formula is C16H30N2O2S. The molecule has 0 aromatic carbocycles. The van der Waals surface area contributed by atoms with Gasteiger partial charge in [0.1, 0.15) is 0 Å². The van der Waals surface area contributed by atoms with Crippen LogP contribution in [0.15, 0.2) is 0 Å². The second-order valence-corrected chi connectivity index (χ2v) is 7.97. The third-order valence-electron chi connectivity index (χ3n) is 4.82. The van der Waals surface area contributed by atoms with E-state index in [1.807, 2.05) is 11.8 Å². The molecule has 0 spiro atoms. The van der Waals surface area contributed by atoms with Crippen molar-refractivity contribution in [3.8, 4) is 0 Å². The van der Waals surface area contributed by atoms with E-state index in [1.54, 1.807) is 0 Å². The van der Waals surface area contributed by atoms with Gasteiger partial charge in [-0.25, -0.2) is 4.79 Å². The minimum Gasteiger partial charge on any atom is -0.396 e. The van der Waals surface area contributed by atoms with Gasteiger partial charge in [0.05, 0.1) is 0 Å². The van der Waals surface area contributed by atoms with Crippen molar-refractivity contribution in [3.63, 3.8) is 0 Å². The fourth-order valence-corrected chi connectivity index (χ4v) is 4.85. The van der Waals surface area contributed by atoms with Gasteiger partial charge in [0.25, 0.3) is 0 Å². The average Bonchev–Trinajstić information content (AvgIpc) is 2.48. The van der Waals surface area contributed by atoms with Gasteiger partial charge in [0.15, 0.2) is 0 Å². The summed E-state index contributed by atoms with van der Waals surface area (Å²) in [5.41, 5.74) is 0. The van der Waals surface area contributed by atoms with Crippen molar-refractivity contribution in [2.75, 3.05) is 12.4 Å². The van der Waals surface area contributed by atoms with Gasteiger partial charge in [-0.1, -0.05) is 26.2 Å². The van der Waals surface area contributed by atoms with E-state index < -0.39 is 0 Å². The summed E-state index contributed by atoms with van der Waals surface area (Å²) in [6, 6.07) is 0.430. The van der Waals surface area contributed by atoms with Gasteiger partial charge >= 0.3 is 6.03 Å². The van der Waals surface area contributed by atoms with E-state index in [-0.39, 0.29) is 24.6 Å². The van der Waals surface area contributed by atoms with Crippen LogP contribution in [-0.4, -0.2) is 40.8 Å². The topological polar surface area (TPSA) is 61.4 Å². The summed E-state index contributed by atoms with van der Waals surface area (Å²) in [4.78, 5) is 12.2. The number of hydrogen-bond acceptors (Lipinski definition) is 3. The first-order valence-electron chi connectivity index (χ1n) is 8.52. The van der Waals surface area contributed by atoms with Crippen LogP contribution in [0.2, 0.25) is 0 Å². The van der Waals surface area contributed by atoms with Gasteiger partial charge in [-0.2, -0.15) is 11.8 Å². The molecule has 2 aliphatic rings. The normalized spacial score (nSPS) is 33.4. The summed E-state index contributed by atoms with van der Waals surface area (Å²) < 4.78 is 0. The Kier molecular flexibility index (Phi) is 7.17. The number of rotatable bonds is 5. The highest BCUT2D eigenvalue weighted by atomic mass is 32.2. The minimum absolute atomic E-state index is 0.0347. The molecule has 0 aromatic heterocycles. The minimum atomic E-state index is -0.0347. The molecule has 21 heavy (non-hydrogen) atoms.